The molecule has 0 radical (unpaired) electrons. The van der Waals surface area contributed by atoms with Crippen molar-refractivity contribution in [2.24, 2.45) is 4.99 Å². The third kappa shape index (κ3) is 5.76. The van der Waals surface area contributed by atoms with Crippen LogP contribution in [0.3, 0.4) is 0 Å². The number of aromatic carboxylic acids is 2. The predicted octanol–water partition coefficient (Wildman–Crippen LogP) is 5.55. The molecule has 1 amide bonds. The quantitative estimate of drug-likeness (QED) is 0.391. The molecule has 36 heavy (non-hydrogen) atoms. The summed E-state index contributed by atoms with van der Waals surface area (Å²) in [5, 5.41) is 18.9. The van der Waals surface area contributed by atoms with E-state index in [9.17, 15) is 14.4 Å². The zero-order valence-corrected chi connectivity index (χ0v) is 20.4. The van der Waals surface area contributed by atoms with Crippen molar-refractivity contribution < 1.29 is 29.3 Å². The van der Waals surface area contributed by atoms with Gasteiger partial charge in [-0.1, -0.05) is 35.9 Å². The summed E-state index contributed by atoms with van der Waals surface area (Å²) in [5.74, 6) is -1.84. The third-order valence-electron chi connectivity index (χ3n) is 5.17. The van der Waals surface area contributed by atoms with Crippen molar-refractivity contribution in [2.75, 3.05) is 7.05 Å². The average Bonchev–Trinajstić information content (AvgIpc) is 3.11. The minimum atomic E-state index is -1.05. The first kappa shape index (κ1) is 25.0. The van der Waals surface area contributed by atoms with Gasteiger partial charge in [0.1, 0.15) is 12.4 Å². The van der Waals surface area contributed by atoms with Crippen LogP contribution in [0.2, 0.25) is 5.02 Å². The van der Waals surface area contributed by atoms with E-state index >= 15 is 0 Å². The van der Waals surface area contributed by atoms with Gasteiger partial charge in [-0.25, -0.2) is 14.6 Å². The molecule has 0 unspecified atom stereocenters. The van der Waals surface area contributed by atoms with Crippen LogP contribution in [0.15, 0.2) is 76.6 Å². The molecule has 3 aromatic carbocycles. The first-order valence-electron chi connectivity index (χ1n) is 10.6. The van der Waals surface area contributed by atoms with Crippen LogP contribution in [0.5, 0.6) is 5.75 Å². The Morgan fingerprint density at radius 3 is 2.42 bits per heavy atom. The maximum atomic E-state index is 12.7. The van der Waals surface area contributed by atoms with Gasteiger partial charge in [-0.2, -0.15) is 0 Å². The first-order valence-corrected chi connectivity index (χ1v) is 11.7. The summed E-state index contributed by atoms with van der Waals surface area (Å²) >= 11 is 7.56. The van der Waals surface area contributed by atoms with Gasteiger partial charge in [-0.3, -0.25) is 9.69 Å². The SMILES string of the molecule is CN1C(=O)/C(=C/c2ccc(OCc3ccc(C(=O)O)cc3)c(Cl)c2)SC1=Nc1cccc(C(=O)O)c1. The minimum Gasteiger partial charge on any atom is -0.487 e. The van der Waals surface area contributed by atoms with E-state index in [1.54, 1.807) is 55.6 Å². The topological polar surface area (TPSA) is 117 Å². The number of hydrogen-bond donors (Lipinski definition) is 2. The number of amidine groups is 1. The molecule has 0 saturated carbocycles. The van der Waals surface area contributed by atoms with Gasteiger partial charge < -0.3 is 14.9 Å². The summed E-state index contributed by atoms with van der Waals surface area (Å²) in [7, 11) is 1.60. The van der Waals surface area contributed by atoms with Crippen molar-refractivity contribution >= 4 is 58.1 Å². The molecule has 10 heteroatoms. The Morgan fingerprint density at radius 1 is 1.03 bits per heavy atom. The highest BCUT2D eigenvalue weighted by atomic mass is 35.5. The minimum absolute atomic E-state index is 0.110. The van der Waals surface area contributed by atoms with E-state index in [2.05, 4.69) is 4.99 Å². The molecular formula is C26H19ClN2O6S. The molecule has 0 spiro atoms. The summed E-state index contributed by atoms with van der Waals surface area (Å²) in [4.78, 5) is 41.2. The molecule has 1 fully saturated rings. The predicted molar refractivity (Wildman–Crippen MR) is 138 cm³/mol. The summed E-state index contributed by atoms with van der Waals surface area (Å²) < 4.78 is 5.75. The number of carboxylic acid groups (broad SMARTS) is 2. The van der Waals surface area contributed by atoms with Crippen molar-refractivity contribution in [1.82, 2.24) is 4.90 Å². The monoisotopic (exact) mass is 522 g/mol. The Labute approximate surface area is 215 Å². The van der Waals surface area contributed by atoms with Gasteiger partial charge in [-0.05, 0) is 71.4 Å². The maximum absolute atomic E-state index is 12.7. The van der Waals surface area contributed by atoms with E-state index in [0.717, 1.165) is 5.56 Å². The second-order valence-corrected chi connectivity index (χ2v) is 9.12. The van der Waals surface area contributed by atoms with E-state index in [4.69, 9.17) is 26.6 Å². The number of ether oxygens (including phenoxy) is 1. The lowest BCUT2D eigenvalue weighted by atomic mass is 10.1. The molecule has 1 saturated heterocycles. The lowest BCUT2D eigenvalue weighted by molar-refractivity contribution is -0.121. The third-order valence-corrected chi connectivity index (χ3v) is 6.53. The molecule has 8 nitrogen and oxygen atoms in total. The van der Waals surface area contributed by atoms with E-state index < -0.39 is 11.9 Å². The molecule has 182 valence electrons. The molecule has 4 rings (SSSR count). The van der Waals surface area contributed by atoms with Crippen LogP contribution in [-0.4, -0.2) is 45.2 Å². The number of hydrogen-bond acceptors (Lipinski definition) is 6. The fourth-order valence-electron chi connectivity index (χ4n) is 3.25. The number of nitrogens with zero attached hydrogens (tertiary/aromatic N) is 2. The number of halogens is 1. The van der Waals surface area contributed by atoms with E-state index in [-0.39, 0.29) is 23.6 Å². The van der Waals surface area contributed by atoms with Crippen molar-refractivity contribution in [1.29, 1.82) is 0 Å². The van der Waals surface area contributed by atoms with Gasteiger partial charge in [0.05, 0.1) is 26.7 Å². The number of thioether (sulfide) groups is 1. The molecule has 2 N–H and O–H groups in total. The number of rotatable bonds is 7. The van der Waals surface area contributed by atoms with Gasteiger partial charge in [0.25, 0.3) is 5.91 Å². The Balaban J connectivity index is 1.47. The summed E-state index contributed by atoms with van der Waals surface area (Å²) in [5.41, 5.74) is 2.22. The molecule has 1 aliphatic rings. The highest BCUT2D eigenvalue weighted by Gasteiger charge is 2.30. The summed E-state index contributed by atoms with van der Waals surface area (Å²) in [6, 6.07) is 17.7. The molecule has 0 aliphatic carbocycles. The molecule has 0 aromatic heterocycles. The standard InChI is InChI=1S/C26H19ClN2O6S/c1-29-23(30)22(36-26(29)28-19-4-2-3-18(13-19)25(33)34)12-16-7-10-21(20(27)11-16)35-14-15-5-8-17(9-6-15)24(31)32/h2-13H,14H2,1H3,(H,31,32)(H,33,34)/b22-12-,28-26?. The van der Waals surface area contributed by atoms with Crippen molar-refractivity contribution in [3.05, 3.63) is 98.9 Å². The highest BCUT2D eigenvalue weighted by Crippen LogP contribution is 2.34. The van der Waals surface area contributed by atoms with Crippen LogP contribution in [0.25, 0.3) is 6.08 Å². The smallest absolute Gasteiger partial charge is 0.335 e. The second-order valence-electron chi connectivity index (χ2n) is 7.71. The zero-order chi connectivity index (χ0) is 25.8. The van der Waals surface area contributed by atoms with E-state index in [1.165, 1.54) is 40.9 Å². The van der Waals surface area contributed by atoms with Crippen LogP contribution >= 0.6 is 23.4 Å². The Bertz CT molecular complexity index is 1420. The molecular weight excluding hydrogens is 504 g/mol. The molecule has 0 atom stereocenters. The Kier molecular flexibility index (Phi) is 7.42. The number of amides is 1. The van der Waals surface area contributed by atoms with Crippen LogP contribution in [0, 0.1) is 0 Å². The normalized spacial score (nSPS) is 15.5. The zero-order valence-electron chi connectivity index (χ0n) is 18.8. The highest BCUT2D eigenvalue weighted by molar-refractivity contribution is 8.18. The number of carboxylic acids is 2. The molecule has 1 aliphatic heterocycles. The maximum Gasteiger partial charge on any atom is 0.335 e. The Hall–Kier alpha value is -4.08. The lowest BCUT2D eigenvalue weighted by Gasteiger charge is -2.09. The number of carbonyl (C=O) groups excluding carboxylic acids is 1. The van der Waals surface area contributed by atoms with Crippen molar-refractivity contribution in [3.8, 4) is 5.75 Å². The van der Waals surface area contributed by atoms with Gasteiger partial charge in [0.2, 0.25) is 0 Å². The number of benzene rings is 3. The van der Waals surface area contributed by atoms with Gasteiger partial charge in [0.15, 0.2) is 5.17 Å². The van der Waals surface area contributed by atoms with Gasteiger partial charge >= 0.3 is 11.9 Å². The molecule has 0 bridgehead atoms. The molecule has 1 heterocycles. The van der Waals surface area contributed by atoms with Crippen molar-refractivity contribution in [2.45, 2.75) is 6.61 Å². The second kappa shape index (κ2) is 10.7. The average molecular weight is 523 g/mol. The van der Waals surface area contributed by atoms with Gasteiger partial charge in [0, 0.05) is 7.05 Å². The lowest BCUT2D eigenvalue weighted by Crippen LogP contribution is -2.23. The van der Waals surface area contributed by atoms with E-state index in [1.807, 2.05) is 0 Å². The fraction of sp³-hybridized carbons (Fsp3) is 0.0769. The first-order chi connectivity index (χ1) is 17.2. The number of likely N-dealkylation sites (N-methyl/N-ethyl adjacent to an activating group) is 1. The Morgan fingerprint density at radius 2 is 1.75 bits per heavy atom. The summed E-state index contributed by atoms with van der Waals surface area (Å²) in [6.45, 7) is 0.210. The molecule has 3 aromatic rings. The van der Waals surface area contributed by atoms with Crippen molar-refractivity contribution in [3.63, 3.8) is 0 Å². The van der Waals surface area contributed by atoms with Crippen LogP contribution < -0.4 is 4.74 Å². The number of aliphatic imine (C=N–C) groups is 1. The van der Waals surface area contributed by atoms with Crippen LogP contribution in [0.1, 0.15) is 31.8 Å². The largest absolute Gasteiger partial charge is 0.487 e. The van der Waals surface area contributed by atoms with Crippen LogP contribution in [-0.2, 0) is 11.4 Å². The van der Waals surface area contributed by atoms with Crippen LogP contribution in [0.4, 0.5) is 5.69 Å². The fourth-order valence-corrected chi connectivity index (χ4v) is 4.48. The van der Waals surface area contributed by atoms with Gasteiger partial charge in [-0.15, -0.1) is 0 Å². The number of carbonyl (C=O) groups is 3. The summed E-state index contributed by atoms with van der Waals surface area (Å²) in [6.07, 6.45) is 1.69. The van der Waals surface area contributed by atoms with E-state index in [0.29, 0.717) is 32.1 Å².